The number of hydrogen-bond donors (Lipinski definition) is 0. The van der Waals surface area contributed by atoms with E-state index in [0.29, 0.717) is 0 Å². The van der Waals surface area contributed by atoms with Crippen molar-refractivity contribution < 1.29 is 0 Å². The fourth-order valence-corrected chi connectivity index (χ4v) is 27.0. The SMILES string of the molecule is CC(C)(C)c1ccc2c(c1)c1cc(C(C)(C)C)ccc1n2-c1cc2c3c(c1)N(c1cccc([Si](c4ccccc4)(c4ccccc4)c4ccccc4)c1)c1cccc(-c4ccccc4)c1B3c1ccc([Si](c3ccccc3)(c3ccccc3)c3ccccc3)cc1N2c1ccc(-c2ccccc2)cc1. The first-order valence-electron chi connectivity index (χ1n) is 36.7. The Hall–Kier alpha value is -11.8. The van der Waals surface area contributed by atoms with Crippen LogP contribution in [0.1, 0.15) is 52.7 Å². The molecule has 0 aliphatic carbocycles. The molecule has 498 valence electrons. The molecule has 1 aromatic heterocycles. The van der Waals surface area contributed by atoms with Crippen molar-refractivity contribution in [3.63, 3.8) is 0 Å². The molecule has 3 nitrogen and oxygen atoms in total. The molecule has 0 spiro atoms. The monoisotopic (exact) mass is 1370 g/mol. The number of benzene rings is 15. The maximum absolute atomic E-state index is 3.14. The third kappa shape index (κ3) is 10.5. The Morgan fingerprint density at radius 2 is 0.635 bits per heavy atom. The Morgan fingerprint density at radius 1 is 0.250 bits per heavy atom. The van der Waals surface area contributed by atoms with Crippen LogP contribution in [0, 0.1) is 0 Å². The minimum atomic E-state index is -3.14. The lowest BCUT2D eigenvalue weighted by molar-refractivity contribution is 0.590. The highest BCUT2D eigenvalue weighted by Crippen LogP contribution is 2.48. The number of anilines is 6. The van der Waals surface area contributed by atoms with Crippen LogP contribution in [-0.4, -0.2) is 27.4 Å². The van der Waals surface area contributed by atoms with Gasteiger partial charge >= 0.3 is 0 Å². The number of aromatic nitrogens is 1. The quantitative estimate of drug-likeness (QED) is 0.0842. The summed E-state index contributed by atoms with van der Waals surface area (Å²) in [5.41, 5.74) is 21.2. The zero-order valence-electron chi connectivity index (χ0n) is 59.7. The summed E-state index contributed by atoms with van der Waals surface area (Å²) in [6.45, 7) is 13.8. The van der Waals surface area contributed by atoms with Crippen LogP contribution >= 0.6 is 0 Å². The molecule has 0 saturated carbocycles. The first kappa shape index (κ1) is 64.3. The average Bonchev–Trinajstić information content (AvgIpc) is 0.880. The maximum atomic E-state index is 2.67. The molecule has 2 aliphatic heterocycles. The summed E-state index contributed by atoms with van der Waals surface area (Å²) < 4.78 is 2.60. The molecule has 3 heterocycles. The largest absolute Gasteiger partial charge is 0.311 e. The number of hydrogen-bond acceptors (Lipinski definition) is 2. The molecule has 0 atom stereocenters. The van der Waals surface area contributed by atoms with Crippen LogP contribution in [0.2, 0.25) is 0 Å². The number of fused-ring (bicyclic) bond motifs is 7. The third-order valence-corrected chi connectivity index (χ3v) is 31.9. The summed E-state index contributed by atoms with van der Waals surface area (Å²) >= 11 is 0. The zero-order chi connectivity index (χ0) is 70.3. The standard InChI is InChI=1S/C98H80BN3Si2/c1-97(2,3)72-55-61-89-86(63-72)87-64-73(98(4,5)6)56-62-90(87)102(89)76-66-93-96-94(67-76)101(75-37-31-50-83(65-75)103(77-38-19-9-20-39-77,78-40-21-10-22-41-78)79-42-23-11-24-43-79)91-52-32-51-85(71-35-17-8-18-36-71)95(91)99(96)88-60-59-84(68-92(88)100(93)74-57-53-70(54-58-74)69-33-15-7-16-34-69)104(80-44-25-12-26-45-80,81-46-27-13-28-47-81)82-48-29-14-30-49-82/h7-68H,1-6H3. The highest BCUT2D eigenvalue weighted by molar-refractivity contribution is 7.20. The molecule has 0 N–H and O–H groups in total. The van der Waals surface area contributed by atoms with Crippen LogP contribution in [-0.2, 0) is 10.8 Å². The topological polar surface area (TPSA) is 11.4 Å². The summed E-state index contributed by atoms with van der Waals surface area (Å²) in [5, 5.41) is 13.1. The molecule has 15 aromatic carbocycles. The fourth-order valence-electron chi connectivity index (χ4n) is 17.5. The van der Waals surface area contributed by atoms with Gasteiger partial charge in [0.1, 0.15) is 0 Å². The van der Waals surface area contributed by atoms with Crippen LogP contribution in [0.15, 0.2) is 376 Å². The summed E-state index contributed by atoms with van der Waals surface area (Å²) in [5.74, 6) is 0. The van der Waals surface area contributed by atoms with E-state index in [9.17, 15) is 0 Å². The minimum Gasteiger partial charge on any atom is -0.311 e. The molecule has 18 rings (SSSR count). The Labute approximate surface area is 614 Å². The Morgan fingerprint density at radius 3 is 1.08 bits per heavy atom. The predicted octanol–water partition coefficient (Wildman–Crippen LogP) is 17.6. The van der Waals surface area contributed by atoms with Gasteiger partial charge in [0.15, 0.2) is 16.1 Å². The van der Waals surface area contributed by atoms with Gasteiger partial charge in [-0.15, -0.1) is 0 Å². The molecule has 0 amide bonds. The summed E-state index contributed by atoms with van der Waals surface area (Å²) in [7, 11) is -6.21. The van der Waals surface area contributed by atoms with Crippen molar-refractivity contribution in [2.75, 3.05) is 9.80 Å². The van der Waals surface area contributed by atoms with Crippen LogP contribution < -0.4 is 67.7 Å². The van der Waals surface area contributed by atoms with Gasteiger partial charge in [0.2, 0.25) is 0 Å². The van der Waals surface area contributed by atoms with Crippen molar-refractivity contribution in [1.29, 1.82) is 0 Å². The summed E-state index contributed by atoms with van der Waals surface area (Å²) in [4.78, 5) is 5.33. The second-order valence-corrected chi connectivity index (χ2v) is 38.0. The van der Waals surface area contributed by atoms with Crippen molar-refractivity contribution >= 4 is 137 Å². The van der Waals surface area contributed by atoms with E-state index in [1.165, 1.54) is 113 Å². The van der Waals surface area contributed by atoms with E-state index in [1.807, 2.05) is 0 Å². The van der Waals surface area contributed by atoms with Gasteiger partial charge in [0, 0.05) is 44.9 Å². The molecular weight excluding hydrogens is 1290 g/mol. The van der Waals surface area contributed by atoms with Gasteiger partial charge in [-0.1, -0.05) is 345 Å². The van der Waals surface area contributed by atoms with E-state index in [0.717, 1.165) is 39.8 Å². The first-order valence-corrected chi connectivity index (χ1v) is 40.7. The van der Waals surface area contributed by atoms with E-state index in [1.54, 1.807) is 0 Å². The Bertz CT molecular complexity index is 5590. The average molecular weight is 1370 g/mol. The van der Waals surface area contributed by atoms with Crippen molar-refractivity contribution in [2.24, 2.45) is 0 Å². The molecule has 0 bridgehead atoms. The number of nitrogens with zero attached hydrogens (tertiary/aromatic N) is 3. The van der Waals surface area contributed by atoms with E-state index in [2.05, 4.69) is 432 Å². The minimum absolute atomic E-state index is 0.0803. The lowest BCUT2D eigenvalue weighted by atomic mass is 9.32. The molecule has 16 aromatic rings. The van der Waals surface area contributed by atoms with Gasteiger partial charge in [-0.25, -0.2) is 0 Å². The molecule has 0 radical (unpaired) electrons. The fraction of sp³-hybridized carbons (Fsp3) is 0.0816. The van der Waals surface area contributed by atoms with Gasteiger partial charge in [0.05, 0.1) is 16.7 Å². The molecular formula is C98H80BN3Si2. The highest BCUT2D eigenvalue weighted by atomic mass is 28.3. The lowest BCUT2D eigenvalue weighted by Gasteiger charge is -2.46. The number of rotatable bonds is 13. The third-order valence-electron chi connectivity index (χ3n) is 22.4. The van der Waals surface area contributed by atoms with Crippen molar-refractivity contribution in [3.8, 4) is 27.9 Å². The smallest absolute Gasteiger partial charge is 0.252 e. The van der Waals surface area contributed by atoms with E-state index < -0.39 is 16.1 Å². The van der Waals surface area contributed by atoms with Crippen molar-refractivity contribution in [3.05, 3.63) is 387 Å². The van der Waals surface area contributed by atoms with Crippen LogP contribution in [0.5, 0.6) is 0 Å². The van der Waals surface area contributed by atoms with Crippen LogP contribution in [0.4, 0.5) is 34.1 Å². The molecule has 0 unspecified atom stereocenters. The van der Waals surface area contributed by atoms with Crippen molar-refractivity contribution in [2.45, 2.75) is 52.4 Å². The van der Waals surface area contributed by atoms with Gasteiger partial charge in [0.25, 0.3) is 6.71 Å². The second kappa shape index (κ2) is 25.6. The second-order valence-electron chi connectivity index (χ2n) is 30.3. The highest BCUT2D eigenvalue weighted by Gasteiger charge is 2.49. The molecule has 2 aliphatic rings. The van der Waals surface area contributed by atoms with Gasteiger partial charge < -0.3 is 14.4 Å². The summed E-state index contributed by atoms with van der Waals surface area (Å²) in [6, 6.07) is 144. The van der Waals surface area contributed by atoms with Gasteiger partial charge in [-0.2, -0.15) is 0 Å². The zero-order valence-corrected chi connectivity index (χ0v) is 61.7. The predicted molar refractivity (Wildman–Crippen MR) is 450 cm³/mol. The Balaban J connectivity index is 1.00. The molecule has 0 saturated heterocycles. The first-order chi connectivity index (χ1) is 50.9. The Kier molecular flexibility index (Phi) is 15.8. The lowest BCUT2D eigenvalue weighted by Crippen LogP contribution is -2.75. The van der Waals surface area contributed by atoms with E-state index in [4.69, 9.17) is 0 Å². The van der Waals surface area contributed by atoms with Gasteiger partial charge in [-0.3, -0.25) is 0 Å². The molecule has 0 fully saturated rings. The maximum Gasteiger partial charge on any atom is 0.252 e. The van der Waals surface area contributed by atoms with E-state index in [-0.39, 0.29) is 17.5 Å². The molecule has 104 heavy (non-hydrogen) atoms. The normalized spacial score (nSPS) is 12.8. The van der Waals surface area contributed by atoms with Crippen LogP contribution in [0.3, 0.4) is 0 Å². The van der Waals surface area contributed by atoms with Gasteiger partial charge in [-0.05, 0) is 175 Å². The molecule has 6 heteroatoms. The van der Waals surface area contributed by atoms with E-state index >= 15 is 0 Å². The summed E-state index contributed by atoms with van der Waals surface area (Å²) in [6.07, 6.45) is 0. The van der Waals surface area contributed by atoms with Crippen molar-refractivity contribution in [1.82, 2.24) is 4.57 Å². The van der Waals surface area contributed by atoms with Crippen LogP contribution in [0.25, 0.3) is 49.7 Å².